The smallest absolute Gasteiger partial charge is 0.348 e. The van der Waals surface area contributed by atoms with Gasteiger partial charge in [-0.2, -0.15) is 0 Å². The van der Waals surface area contributed by atoms with Crippen molar-refractivity contribution >= 4 is 39.3 Å². The van der Waals surface area contributed by atoms with E-state index in [0.717, 1.165) is 16.2 Å². The van der Waals surface area contributed by atoms with E-state index in [-0.39, 0.29) is 43.7 Å². The Morgan fingerprint density at radius 2 is 1.58 bits per heavy atom. The van der Waals surface area contributed by atoms with E-state index in [1.54, 1.807) is 31.2 Å². The summed E-state index contributed by atoms with van der Waals surface area (Å²) < 4.78 is 12.2. The molecule has 5 rings (SSSR count). The molecule has 9 nitrogen and oxygen atoms in total. The molecule has 10 heteroatoms. The first-order valence-electron chi connectivity index (χ1n) is 11.2. The second-order valence-corrected chi connectivity index (χ2v) is 9.08. The molecule has 0 saturated carbocycles. The molecule has 0 atom stereocenters. The quantitative estimate of drug-likeness (QED) is 0.206. The third kappa shape index (κ3) is 4.27. The molecule has 4 aromatic rings. The van der Waals surface area contributed by atoms with E-state index in [9.17, 15) is 19.2 Å². The fourth-order valence-electron chi connectivity index (χ4n) is 4.04. The number of hydrogen-bond acceptors (Lipinski definition) is 8. The second kappa shape index (κ2) is 9.74. The van der Waals surface area contributed by atoms with E-state index in [2.05, 4.69) is 4.98 Å². The van der Waals surface area contributed by atoms with Gasteiger partial charge in [0, 0.05) is 13.1 Å². The van der Waals surface area contributed by atoms with Crippen LogP contribution in [0.25, 0.3) is 10.2 Å². The van der Waals surface area contributed by atoms with Crippen molar-refractivity contribution in [1.82, 2.24) is 14.5 Å². The van der Waals surface area contributed by atoms with Crippen LogP contribution in [0, 0.1) is 6.92 Å². The average molecular weight is 504 g/mol. The SMILES string of the molecule is Cc1c(C(=O)OCCOc2ccccc2)sc2ncn(CCN3C(=O)c4ccccc4C3=O)c(=O)c12. The zero-order chi connectivity index (χ0) is 25.2. The van der Waals surface area contributed by atoms with Gasteiger partial charge in [0.2, 0.25) is 0 Å². The predicted molar refractivity (Wildman–Crippen MR) is 133 cm³/mol. The van der Waals surface area contributed by atoms with Gasteiger partial charge in [-0.25, -0.2) is 9.78 Å². The Balaban J connectivity index is 1.27. The third-order valence-corrected chi connectivity index (χ3v) is 7.05. The molecule has 0 saturated heterocycles. The summed E-state index contributed by atoms with van der Waals surface area (Å²) in [4.78, 5) is 57.1. The predicted octanol–water partition coefficient (Wildman–Crippen LogP) is 3.30. The van der Waals surface area contributed by atoms with E-state index in [1.807, 2.05) is 30.3 Å². The van der Waals surface area contributed by atoms with E-state index in [1.165, 1.54) is 10.9 Å². The van der Waals surface area contributed by atoms with E-state index in [4.69, 9.17) is 9.47 Å². The number of aromatic nitrogens is 2. The molecule has 0 spiro atoms. The third-order valence-electron chi connectivity index (χ3n) is 5.87. The molecule has 36 heavy (non-hydrogen) atoms. The molecule has 2 aromatic heterocycles. The summed E-state index contributed by atoms with van der Waals surface area (Å²) in [5.74, 6) is -0.641. The van der Waals surface area contributed by atoms with Crippen LogP contribution in [0.3, 0.4) is 0 Å². The van der Waals surface area contributed by atoms with Crippen LogP contribution in [0.15, 0.2) is 65.7 Å². The molecule has 0 bridgehead atoms. The Hall–Kier alpha value is -4.31. The molecular formula is C26H21N3O6S. The standard InChI is InChI=1S/C26H21N3O6S/c1-16-20-22(36-21(16)26(33)35-14-13-34-17-7-3-2-4-8-17)27-15-28(25(20)32)11-12-29-23(30)18-9-5-6-10-19(18)24(29)31/h2-10,15H,11-14H2,1H3. The van der Waals surface area contributed by atoms with Gasteiger partial charge in [-0.3, -0.25) is 23.9 Å². The van der Waals surface area contributed by atoms with Crippen LogP contribution < -0.4 is 10.3 Å². The van der Waals surface area contributed by atoms with Crippen molar-refractivity contribution in [1.29, 1.82) is 0 Å². The number of para-hydroxylation sites is 1. The highest BCUT2D eigenvalue weighted by Gasteiger charge is 2.34. The average Bonchev–Trinajstić information content (AvgIpc) is 3.36. The minimum Gasteiger partial charge on any atom is -0.490 e. The van der Waals surface area contributed by atoms with Crippen molar-refractivity contribution in [3.63, 3.8) is 0 Å². The Morgan fingerprint density at radius 1 is 0.917 bits per heavy atom. The lowest BCUT2D eigenvalue weighted by atomic mass is 10.1. The van der Waals surface area contributed by atoms with E-state index < -0.39 is 5.97 Å². The van der Waals surface area contributed by atoms with Crippen molar-refractivity contribution in [2.75, 3.05) is 19.8 Å². The number of fused-ring (bicyclic) bond motifs is 2. The number of nitrogens with zero attached hydrogens (tertiary/aromatic N) is 3. The Labute approximate surface area is 209 Å². The molecule has 1 aliphatic rings. The highest BCUT2D eigenvalue weighted by atomic mass is 32.1. The minimum atomic E-state index is -0.552. The molecule has 0 radical (unpaired) electrons. The number of esters is 1. The van der Waals surface area contributed by atoms with Crippen LogP contribution in [0.5, 0.6) is 5.75 Å². The first-order valence-corrected chi connectivity index (χ1v) is 12.1. The lowest BCUT2D eigenvalue weighted by Gasteiger charge is -2.14. The summed E-state index contributed by atoms with van der Waals surface area (Å²) in [6.07, 6.45) is 1.36. The molecule has 1 aliphatic heterocycles. The molecular weight excluding hydrogens is 482 g/mol. The second-order valence-electron chi connectivity index (χ2n) is 8.08. The highest BCUT2D eigenvalue weighted by Crippen LogP contribution is 2.27. The first-order chi connectivity index (χ1) is 17.5. The molecule has 0 N–H and O–H groups in total. The largest absolute Gasteiger partial charge is 0.490 e. The maximum Gasteiger partial charge on any atom is 0.348 e. The maximum atomic E-state index is 13.2. The number of benzene rings is 2. The van der Waals surface area contributed by atoms with Gasteiger partial charge in [-0.15, -0.1) is 11.3 Å². The molecule has 0 aliphatic carbocycles. The Kier molecular flexibility index (Phi) is 6.34. The number of aryl methyl sites for hydroxylation is 1. The minimum absolute atomic E-state index is 0.0267. The number of carbonyl (C=O) groups excluding carboxylic acids is 3. The molecule has 3 heterocycles. The number of amides is 2. The Bertz CT molecular complexity index is 1510. The molecule has 2 aromatic carbocycles. The molecule has 0 fully saturated rings. The number of ether oxygens (including phenoxy) is 2. The van der Waals surface area contributed by atoms with Gasteiger partial charge in [0.1, 0.15) is 28.7 Å². The van der Waals surface area contributed by atoms with Crippen LogP contribution >= 0.6 is 11.3 Å². The van der Waals surface area contributed by atoms with Gasteiger partial charge in [0.15, 0.2) is 0 Å². The lowest BCUT2D eigenvalue weighted by Crippen LogP contribution is -2.35. The first kappa shape index (κ1) is 23.4. The number of carbonyl (C=O) groups is 3. The summed E-state index contributed by atoms with van der Waals surface area (Å²) in [6, 6.07) is 15.8. The number of rotatable bonds is 8. The fraction of sp³-hybridized carbons (Fsp3) is 0.192. The van der Waals surface area contributed by atoms with Gasteiger partial charge in [-0.1, -0.05) is 30.3 Å². The van der Waals surface area contributed by atoms with Crippen molar-refractivity contribution in [2.45, 2.75) is 13.5 Å². The molecule has 182 valence electrons. The van der Waals surface area contributed by atoms with Gasteiger partial charge in [-0.05, 0) is 36.8 Å². The van der Waals surface area contributed by atoms with Gasteiger partial charge >= 0.3 is 5.97 Å². The van der Waals surface area contributed by atoms with Crippen LogP contribution in [-0.2, 0) is 11.3 Å². The van der Waals surface area contributed by atoms with E-state index in [0.29, 0.717) is 37.5 Å². The number of hydrogen-bond donors (Lipinski definition) is 0. The van der Waals surface area contributed by atoms with Crippen molar-refractivity contribution in [3.05, 3.63) is 92.8 Å². The van der Waals surface area contributed by atoms with Crippen LogP contribution in [0.1, 0.15) is 36.0 Å². The summed E-state index contributed by atoms with van der Waals surface area (Å²) in [6.45, 7) is 2.04. The summed E-state index contributed by atoms with van der Waals surface area (Å²) in [7, 11) is 0. The molecule has 0 unspecified atom stereocenters. The molecule has 2 amide bonds. The highest BCUT2D eigenvalue weighted by molar-refractivity contribution is 7.20. The zero-order valence-corrected chi connectivity index (χ0v) is 20.1. The number of thiophene rings is 1. The van der Waals surface area contributed by atoms with Crippen LogP contribution in [0.4, 0.5) is 0 Å². The maximum absolute atomic E-state index is 13.2. The van der Waals surface area contributed by atoms with Gasteiger partial charge in [0.05, 0.1) is 22.8 Å². The van der Waals surface area contributed by atoms with Crippen LogP contribution in [-0.4, -0.2) is 52.0 Å². The summed E-state index contributed by atoms with van der Waals surface area (Å²) >= 11 is 1.09. The number of imide groups is 1. The van der Waals surface area contributed by atoms with Gasteiger partial charge < -0.3 is 9.47 Å². The lowest BCUT2D eigenvalue weighted by molar-refractivity contribution is 0.0455. The van der Waals surface area contributed by atoms with Crippen molar-refractivity contribution in [2.24, 2.45) is 0 Å². The fourth-order valence-corrected chi connectivity index (χ4v) is 5.07. The monoisotopic (exact) mass is 503 g/mol. The topological polar surface area (TPSA) is 108 Å². The summed E-state index contributed by atoms with van der Waals surface area (Å²) in [5, 5.41) is 0.317. The summed E-state index contributed by atoms with van der Waals surface area (Å²) in [5.41, 5.74) is 0.845. The Morgan fingerprint density at radius 3 is 2.28 bits per heavy atom. The van der Waals surface area contributed by atoms with Crippen LogP contribution in [0.2, 0.25) is 0 Å². The zero-order valence-electron chi connectivity index (χ0n) is 19.3. The van der Waals surface area contributed by atoms with E-state index >= 15 is 0 Å². The van der Waals surface area contributed by atoms with Crippen molar-refractivity contribution < 1.29 is 23.9 Å². The van der Waals surface area contributed by atoms with Gasteiger partial charge in [0.25, 0.3) is 17.4 Å². The normalized spacial score (nSPS) is 12.8. The van der Waals surface area contributed by atoms with Crippen molar-refractivity contribution in [3.8, 4) is 5.75 Å².